The van der Waals surface area contributed by atoms with Gasteiger partial charge < -0.3 is 10.2 Å². The highest BCUT2D eigenvalue weighted by atomic mass is 16.2. The zero-order valence-electron chi connectivity index (χ0n) is 18.7. The SMILES string of the molecule is CCCN1Cc2ccc(NC3CC(C4CCC(C)C4)=NN3C(C)(C)C)cc2C1=O. The molecule has 1 saturated carbocycles. The van der Waals surface area contributed by atoms with Crippen LogP contribution in [0.25, 0.3) is 0 Å². The summed E-state index contributed by atoms with van der Waals surface area (Å²) in [6.07, 6.45) is 5.95. The Balaban J connectivity index is 1.51. The molecule has 0 radical (unpaired) electrons. The van der Waals surface area contributed by atoms with Gasteiger partial charge in [-0.05, 0) is 69.6 Å². The lowest BCUT2D eigenvalue weighted by molar-refractivity contribution is 0.0778. The van der Waals surface area contributed by atoms with Crippen molar-refractivity contribution in [2.45, 2.75) is 85.0 Å². The zero-order valence-corrected chi connectivity index (χ0v) is 18.7. The molecule has 158 valence electrons. The summed E-state index contributed by atoms with van der Waals surface area (Å²) in [5.74, 6) is 1.61. The third-order valence-electron chi connectivity index (χ3n) is 6.60. The summed E-state index contributed by atoms with van der Waals surface area (Å²) < 4.78 is 0. The fraction of sp³-hybridized carbons (Fsp3) is 0.667. The predicted octanol–water partition coefficient (Wildman–Crippen LogP) is 5.09. The highest BCUT2D eigenvalue weighted by Gasteiger charge is 2.38. The van der Waals surface area contributed by atoms with Crippen LogP contribution in [0, 0.1) is 11.8 Å². The Hall–Kier alpha value is -2.04. The Bertz CT molecular complexity index is 810. The Morgan fingerprint density at radius 1 is 1.24 bits per heavy atom. The highest BCUT2D eigenvalue weighted by Crippen LogP contribution is 2.37. The fourth-order valence-electron chi connectivity index (χ4n) is 5.12. The maximum absolute atomic E-state index is 12.7. The molecular formula is C24H36N4O. The molecule has 5 nitrogen and oxygen atoms in total. The second kappa shape index (κ2) is 7.66. The largest absolute Gasteiger partial charge is 0.364 e. The Morgan fingerprint density at radius 3 is 2.69 bits per heavy atom. The molecule has 0 saturated heterocycles. The summed E-state index contributed by atoms with van der Waals surface area (Å²) in [6, 6.07) is 6.28. The van der Waals surface area contributed by atoms with Gasteiger partial charge in [0.1, 0.15) is 6.17 Å². The van der Waals surface area contributed by atoms with Crippen molar-refractivity contribution in [3.8, 4) is 0 Å². The first kappa shape index (κ1) is 20.2. The molecule has 1 amide bonds. The first-order chi connectivity index (χ1) is 13.8. The maximum atomic E-state index is 12.7. The zero-order chi connectivity index (χ0) is 20.8. The lowest BCUT2D eigenvalue weighted by Gasteiger charge is -2.36. The number of hydrazone groups is 1. The number of rotatable bonds is 5. The molecular weight excluding hydrogens is 360 g/mol. The van der Waals surface area contributed by atoms with Crippen molar-refractivity contribution < 1.29 is 4.79 Å². The van der Waals surface area contributed by atoms with E-state index < -0.39 is 0 Å². The van der Waals surface area contributed by atoms with Crippen LogP contribution in [0.1, 0.15) is 82.6 Å². The molecule has 2 aliphatic heterocycles. The average Bonchev–Trinajstić information content (AvgIpc) is 3.34. The first-order valence-electron chi connectivity index (χ1n) is 11.3. The van der Waals surface area contributed by atoms with Gasteiger partial charge in [0, 0.05) is 36.5 Å². The topological polar surface area (TPSA) is 47.9 Å². The van der Waals surface area contributed by atoms with E-state index in [2.05, 4.69) is 57.1 Å². The van der Waals surface area contributed by atoms with Crippen LogP contribution in [0.4, 0.5) is 5.69 Å². The van der Waals surface area contributed by atoms with Crippen molar-refractivity contribution >= 4 is 17.3 Å². The molecule has 1 aliphatic carbocycles. The second-order valence-electron chi connectivity index (χ2n) is 10.2. The summed E-state index contributed by atoms with van der Waals surface area (Å²) in [7, 11) is 0. The van der Waals surface area contributed by atoms with E-state index in [-0.39, 0.29) is 17.6 Å². The van der Waals surface area contributed by atoms with Crippen molar-refractivity contribution in [1.82, 2.24) is 9.91 Å². The van der Waals surface area contributed by atoms with Gasteiger partial charge in [0.25, 0.3) is 5.91 Å². The predicted molar refractivity (Wildman–Crippen MR) is 119 cm³/mol. The van der Waals surface area contributed by atoms with Crippen molar-refractivity contribution in [2.75, 3.05) is 11.9 Å². The summed E-state index contributed by atoms with van der Waals surface area (Å²) in [4.78, 5) is 14.7. The molecule has 0 spiro atoms. The molecule has 4 rings (SSSR count). The smallest absolute Gasteiger partial charge is 0.254 e. The van der Waals surface area contributed by atoms with Gasteiger partial charge in [0.2, 0.25) is 0 Å². The standard InChI is InChI=1S/C24H36N4O/c1-6-11-27-15-18-9-10-19(13-20(18)23(27)29)25-22-14-21(17-8-7-16(2)12-17)26-28(22)24(3,4)5/h9-10,13,16-17,22,25H,6-8,11-12,14-15H2,1-5H3. The van der Waals surface area contributed by atoms with Gasteiger partial charge >= 0.3 is 0 Å². The molecule has 5 heteroatoms. The van der Waals surface area contributed by atoms with Gasteiger partial charge in [-0.1, -0.05) is 26.3 Å². The molecule has 1 fully saturated rings. The van der Waals surface area contributed by atoms with Gasteiger partial charge in [-0.25, -0.2) is 0 Å². The molecule has 3 unspecified atom stereocenters. The Morgan fingerprint density at radius 2 is 2.03 bits per heavy atom. The van der Waals surface area contributed by atoms with Gasteiger partial charge in [0.15, 0.2) is 0 Å². The van der Waals surface area contributed by atoms with Gasteiger partial charge in [-0.15, -0.1) is 0 Å². The van der Waals surface area contributed by atoms with Crippen LogP contribution in [0.2, 0.25) is 0 Å². The van der Waals surface area contributed by atoms with Crippen molar-refractivity contribution in [3.63, 3.8) is 0 Å². The number of fused-ring (bicyclic) bond motifs is 1. The minimum atomic E-state index is -0.0475. The van der Waals surface area contributed by atoms with E-state index in [0.29, 0.717) is 5.92 Å². The number of nitrogens with zero attached hydrogens (tertiary/aromatic N) is 3. The van der Waals surface area contributed by atoms with Crippen molar-refractivity contribution in [1.29, 1.82) is 0 Å². The number of carbonyl (C=O) groups excluding carboxylic acids is 1. The van der Waals surface area contributed by atoms with Gasteiger partial charge in [-0.3, -0.25) is 9.80 Å². The minimum absolute atomic E-state index is 0.0475. The molecule has 0 bridgehead atoms. The van der Waals surface area contributed by atoms with Crippen LogP contribution in [0.5, 0.6) is 0 Å². The lowest BCUT2D eigenvalue weighted by atomic mass is 9.97. The van der Waals surface area contributed by atoms with E-state index in [4.69, 9.17) is 5.10 Å². The van der Waals surface area contributed by atoms with Crippen LogP contribution in [-0.2, 0) is 6.54 Å². The number of benzene rings is 1. The van der Waals surface area contributed by atoms with E-state index in [1.54, 1.807) is 0 Å². The first-order valence-corrected chi connectivity index (χ1v) is 11.3. The normalized spacial score (nSPS) is 26.9. The molecule has 29 heavy (non-hydrogen) atoms. The average molecular weight is 397 g/mol. The molecule has 0 aromatic heterocycles. The lowest BCUT2D eigenvalue weighted by Crippen LogP contribution is -2.45. The number of amides is 1. The third kappa shape index (κ3) is 4.01. The van der Waals surface area contributed by atoms with Crippen LogP contribution < -0.4 is 5.32 Å². The number of nitrogens with one attached hydrogen (secondary N) is 1. The minimum Gasteiger partial charge on any atom is -0.364 e. The maximum Gasteiger partial charge on any atom is 0.254 e. The molecule has 1 aromatic rings. The van der Waals surface area contributed by atoms with E-state index in [1.165, 1.54) is 25.0 Å². The van der Waals surface area contributed by atoms with Crippen LogP contribution >= 0.6 is 0 Å². The number of carbonyl (C=O) groups is 1. The summed E-state index contributed by atoms with van der Waals surface area (Å²) in [6.45, 7) is 12.7. The van der Waals surface area contributed by atoms with Gasteiger partial charge in [0.05, 0.1) is 5.54 Å². The van der Waals surface area contributed by atoms with Crippen LogP contribution in [-0.4, -0.2) is 39.8 Å². The van der Waals surface area contributed by atoms with Crippen LogP contribution in [0.15, 0.2) is 23.3 Å². The number of hydrogen-bond donors (Lipinski definition) is 1. The summed E-state index contributed by atoms with van der Waals surface area (Å²) in [5, 5.41) is 11.0. The van der Waals surface area contributed by atoms with E-state index in [9.17, 15) is 4.79 Å². The number of hydrogen-bond acceptors (Lipinski definition) is 4. The summed E-state index contributed by atoms with van der Waals surface area (Å²) >= 11 is 0. The van der Waals surface area contributed by atoms with E-state index in [1.807, 2.05) is 11.0 Å². The van der Waals surface area contributed by atoms with Crippen molar-refractivity contribution in [2.24, 2.45) is 16.9 Å². The van der Waals surface area contributed by atoms with Crippen LogP contribution in [0.3, 0.4) is 0 Å². The van der Waals surface area contributed by atoms with E-state index in [0.717, 1.165) is 48.7 Å². The molecule has 1 N–H and O–H groups in total. The molecule has 3 aliphatic rings. The highest BCUT2D eigenvalue weighted by molar-refractivity contribution is 5.99. The second-order valence-corrected chi connectivity index (χ2v) is 10.2. The Kier molecular flexibility index (Phi) is 5.34. The molecule has 2 heterocycles. The number of anilines is 1. The molecule has 1 aromatic carbocycles. The van der Waals surface area contributed by atoms with Crippen molar-refractivity contribution in [3.05, 3.63) is 29.3 Å². The summed E-state index contributed by atoms with van der Waals surface area (Å²) in [5.41, 5.74) is 4.33. The quantitative estimate of drug-likeness (QED) is 0.754. The Labute approximate surface area is 175 Å². The monoisotopic (exact) mass is 396 g/mol. The fourth-order valence-corrected chi connectivity index (χ4v) is 5.12. The van der Waals surface area contributed by atoms with Gasteiger partial charge in [-0.2, -0.15) is 5.10 Å². The third-order valence-corrected chi connectivity index (χ3v) is 6.60. The van der Waals surface area contributed by atoms with E-state index >= 15 is 0 Å². The molecule has 3 atom stereocenters.